The molecule has 0 aliphatic rings. The Labute approximate surface area is 170 Å². The van der Waals surface area contributed by atoms with E-state index >= 15 is 0 Å². The van der Waals surface area contributed by atoms with Gasteiger partial charge in [0.1, 0.15) is 6.04 Å². The monoisotopic (exact) mass is 407 g/mol. The molecule has 0 fully saturated rings. The van der Waals surface area contributed by atoms with Gasteiger partial charge in [0.25, 0.3) is 0 Å². The number of halogens is 2. The number of hydrogen-bond acceptors (Lipinski definition) is 3. The molecule has 2 aromatic carbocycles. The molecule has 0 bridgehead atoms. The highest BCUT2D eigenvalue weighted by molar-refractivity contribution is 6.35. The van der Waals surface area contributed by atoms with Crippen LogP contribution in [-0.4, -0.2) is 36.5 Å². The van der Waals surface area contributed by atoms with Gasteiger partial charge in [-0.05, 0) is 37.1 Å². The number of ether oxygens (including phenoxy) is 1. The molecule has 144 valence electrons. The molecule has 2 aromatic rings. The molecular weight excluding hydrogens is 385 g/mol. The first-order valence-corrected chi connectivity index (χ1v) is 9.49. The Morgan fingerprint density at radius 1 is 1.11 bits per heavy atom. The van der Waals surface area contributed by atoms with E-state index in [-0.39, 0.29) is 18.9 Å². The maximum atomic E-state index is 12.8. The lowest BCUT2D eigenvalue weighted by Crippen LogP contribution is -2.45. The SMILES string of the molecule is CCOC(=O)C(Cc1ccc(C)cc1)N(C)C(=O)Cc1ccc(Cl)cc1Cl. The minimum Gasteiger partial charge on any atom is -0.464 e. The number of carbonyl (C=O) groups excluding carboxylic acids is 2. The maximum Gasteiger partial charge on any atom is 0.329 e. The molecule has 0 heterocycles. The first-order valence-electron chi connectivity index (χ1n) is 8.73. The second kappa shape index (κ2) is 9.77. The first kappa shape index (κ1) is 21.3. The molecular formula is C21H23Cl2NO3. The molecule has 0 saturated heterocycles. The molecule has 0 aliphatic carbocycles. The van der Waals surface area contributed by atoms with Gasteiger partial charge in [-0.25, -0.2) is 4.79 Å². The summed E-state index contributed by atoms with van der Waals surface area (Å²) in [5.41, 5.74) is 2.76. The van der Waals surface area contributed by atoms with Crippen molar-refractivity contribution in [3.05, 3.63) is 69.2 Å². The average molecular weight is 408 g/mol. The Morgan fingerprint density at radius 2 is 1.78 bits per heavy atom. The molecule has 0 N–H and O–H groups in total. The lowest BCUT2D eigenvalue weighted by Gasteiger charge is -2.27. The molecule has 2 rings (SSSR count). The molecule has 0 aliphatic heterocycles. The van der Waals surface area contributed by atoms with Gasteiger partial charge in [0, 0.05) is 23.5 Å². The van der Waals surface area contributed by atoms with Gasteiger partial charge in [-0.3, -0.25) is 4.79 Å². The van der Waals surface area contributed by atoms with E-state index < -0.39 is 12.0 Å². The molecule has 0 aromatic heterocycles. The number of benzene rings is 2. The number of amides is 1. The van der Waals surface area contributed by atoms with Crippen molar-refractivity contribution in [2.24, 2.45) is 0 Å². The summed E-state index contributed by atoms with van der Waals surface area (Å²) in [6, 6.07) is 12.2. The van der Waals surface area contributed by atoms with Crippen molar-refractivity contribution in [1.29, 1.82) is 0 Å². The highest BCUT2D eigenvalue weighted by Crippen LogP contribution is 2.22. The summed E-state index contributed by atoms with van der Waals surface area (Å²) in [4.78, 5) is 26.7. The quantitative estimate of drug-likeness (QED) is 0.635. The van der Waals surface area contributed by atoms with E-state index in [0.717, 1.165) is 11.1 Å². The number of aryl methyl sites for hydroxylation is 1. The van der Waals surface area contributed by atoms with Crippen LogP contribution in [0.1, 0.15) is 23.6 Å². The van der Waals surface area contributed by atoms with E-state index in [4.69, 9.17) is 27.9 Å². The van der Waals surface area contributed by atoms with Gasteiger partial charge in [-0.1, -0.05) is 59.1 Å². The highest BCUT2D eigenvalue weighted by atomic mass is 35.5. The normalized spacial score (nSPS) is 11.7. The summed E-state index contributed by atoms with van der Waals surface area (Å²) in [6.07, 6.45) is 0.464. The minimum absolute atomic E-state index is 0.0797. The van der Waals surface area contributed by atoms with Crippen LogP contribution in [0.5, 0.6) is 0 Å². The fourth-order valence-corrected chi connectivity index (χ4v) is 3.17. The molecule has 0 radical (unpaired) electrons. The topological polar surface area (TPSA) is 46.6 Å². The zero-order chi connectivity index (χ0) is 20.0. The molecule has 0 saturated carbocycles. The number of esters is 1. The second-order valence-electron chi connectivity index (χ2n) is 6.37. The number of rotatable bonds is 7. The molecule has 27 heavy (non-hydrogen) atoms. The lowest BCUT2D eigenvalue weighted by molar-refractivity contribution is -0.153. The highest BCUT2D eigenvalue weighted by Gasteiger charge is 2.28. The van der Waals surface area contributed by atoms with Crippen molar-refractivity contribution < 1.29 is 14.3 Å². The van der Waals surface area contributed by atoms with E-state index in [1.165, 1.54) is 4.90 Å². The van der Waals surface area contributed by atoms with Crippen molar-refractivity contribution in [3.8, 4) is 0 Å². The van der Waals surface area contributed by atoms with Crippen LogP contribution in [0.25, 0.3) is 0 Å². The van der Waals surface area contributed by atoms with Crippen molar-refractivity contribution in [1.82, 2.24) is 4.90 Å². The largest absolute Gasteiger partial charge is 0.464 e. The molecule has 1 amide bonds. The first-order chi connectivity index (χ1) is 12.8. The predicted octanol–water partition coefficient (Wildman–Crippen LogP) is 4.48. The average Bonchev–Trinajstić information content (AvgIpc) is 2.63. The van der Waals surface area contributed by atoms with Gasteiger partial charge in [0.15, 0.2) is 0 Å². The van der Waals surface area contributed by atoms with Crippen LogP contribution >= 0.6 is 23.2 Å². The third-order valence-corrected chi connectivity index (χ3v) is 4.91. The number of nitrogens with zero attached hydrogens (tertiary/aromatic N) is 1. The van der Waals surface area contributed by atoms with Crippen LogP contribution in [-0.2, 0) is 27.2 Å². The van der Waals surface area contributed by atoms with E-state index in [9.17, 15) is 9.59 Å². The number of hydrogen-bond donors (Lipinski definition) is 0. The standard InChI is InChI=1S/C21H23Cl2NO3/c1-4-27-21(26)19(11-15-7-5-14(2)6-8-15)24(3)20(25)12-16-9-10-17(22)13-18(16)23/h5-10,13,19H,4,11-12H2,1-3H3. The third-order valence-electron chi connectivity index (χ3n) is 4.33. The summed E-state index contributed by atoms with van der Waals surface area (Å²) in [7, 11) is 1.61. The predicted molar refractivity (Wildman–Crippen MR) is 108 cm³/mol. The Kier molecular flexibility index (Phi) is 7.69. The van der Waals surface area contributed by atoms with E-state index in [2.05, 4.69) is 0 Å². The van der Waals surface area contributed by atoms with E-state index in [1.54, 1.807) is 32.2 Å². The van der Waals surface area contributed by atoms with Gasteiger partial charge in [-0.2, -0.15) is 0 Å². The third kappa shape index (κ3) is 5.98. The zero-order valence-electron chi connectivity index (χ0n) is 15.7. The van der Waals surface area contributed by atoms with Crippen LogP contribution in [0.2, 0.25) is 10.0 Å². The minimum atomic E-state index is -0.703. The van der Waals surface area contributed by atoms with Crippen LogP contribution in [0.15, 0.2) is 42.5 Å². The molecule has 1 unspecified atom stereocenters. The Hall–Kier alpha value is -2.04. The summed E-state index contributed by atoms with van der Waals surface area (Å²) in [5, 5.41) is 0.934. The van der Waals surface area contributed by atoms with Crippen LogP contribution < -0.4 is 0 Å². The summed E-state index contributed by atoms with van der Waals surface area (Å²) < 4.78 is 5.18. The Balaban J connectivity index is 2.18. The summed E-state index contributed by atoms with van der Waals surface area (Å²) >= 11 is 12.1. The maximum absolute atomic E-state index is 12.8. The molecule has 4 nitrogen and oxygen atoms in total. The van der Waals surface area contributed by atoms with Gasteiger partial charge in [-0.15, -0.1) is 0 Å². The van der Waals surface area contributed by atoms with Crippen molar-refractivity contribution in [2.45, 2.75) is 32.7 Å². The van der Waals surface area contributed by atoms with Crippen LogP contribution in [0, 0.1) is 6.92 Å². The number of carbonyl (C=O) groups is 2. The summed E-state index contributed by atoms with van der Waals surface area (Å²) in [5.74, 6) is -0.638. The van der Waals surface area contributed by atoms with Gasteiger partial charge in [0.2, 0.25) is 5.91 Å². The van der Waals surface area contributed by atoms with E-state index in [0.29, 0.717) is 22.0 Å². The van der Waals surface area contributed by atoms with Gasteiger partial charge in [0.05, 0.1) is 13.0 Å². The van der Waals surface area contributed by atoms with Crippen LogP contribution in [0.4, 0.5) is 0 Å². The zero-order valence-corrected chi connectivity index (χ0v) is 17.2. The fraction of sp³-hybridized carbons (Fsp3) is 0.333. The van der Waals surface area contributed by atoms with Crippen LogP contribution in [0.3, 0.4) is 0 Å². The molecule has 6 heteroatoms. The van der Waals surface area contributed by atoms with Crippen molar-refractivity contribution in [3.63, 3.8) is 0 Å². The Morgan fingerprint density at radius 3 is 2.37 bits per heavy atom. The van der Waals surface area contributed by atoms with Gasteiger partial charge < -0.3 is 9.64 Å². The van der Waals surface area contributed by atoms with E-state index in [1.807, 2.05) is 31.2 Å². The molecule has 1 atom stereocenters. The van der Waals surface area contributed by atoms with Crippen molar-refractivity contribution >= 4 is 35.1 Å². The number of likely N-dealkylation sites (N-methyl/N-ethyl adjacent to an activating group) is 1. The van der Waals surface area contributed by atoms with Crippen molar-refractivity contribution in [2.75, 3.05) is 13.7 Å². The molecule has 0 spiro atoms. The lowest BCUT2D eigenvalue weighted by atomic mass is 10.0. The van der Waals surface area contributed by atoms with Gasteiger partial charge >= 0.3 is 5.97 Å². The summed E-state index contributed by atoms with van der Waals surface area (Å²) in [6.45, 7) is 4.00. The Bertz CT molecular complexity index is 806. The second-order valence-corrected chi connectivity index (χ2v) is 7.22. The smallest absolute Gasteiger partial charge is 0.329 e. The fourth-order valence-electron chi connectivity index (χ4n) is 2.69.